The van der Waals surface area contributed by atoms with Gasteiger partial charge in [0.05, 0.1) is 15.9 Å². The van der Waals surface area contributed by atoms with Crippen molar-refractivity contribution in [3.8, 4) is 0 Å². The molecule has 1 heterocycles. The summed E-state index contributed by atoms with van der Waals surface area (Å²) in [5.74, 6) is 0. The minimum absolute atomic E-state index is 0.673. The van der Waals surface area contributed by atoms with Crippen LogP contribution in [0.1, 0.15) is 22.3 Å². The summed E-state index contributed by atoms with van der Waals surface area (Å²) >= 11 is 1.59. The molecule has 5 aromatic carbocycles. The molecule has 0 bridgehead atoms. The minimum atomic E-state index is 0.673. The highest BCUT2D eigenvalue weighted by atomic mass is 32.1. The summed E-state index contributed by atoms with van der Waals surface area (Å²) in [6, 6.07) is 38.1. The Labute approximate surface area is 226 Å². The molecule has 0 unspecified atom stereocenters. The van der Waals surface area contributed by atoms with Gasteiger partial charge in [-0.05, 0) is 53.3 Å². The number of aromatic nitrogens is 1. The van der Waals surface area contributed by atoms with Gasteiger partial charge in [-0.1, -0.05) is 102 Å². The SMILES string of the molecule is CN(C)c1ccc(N=Nc2nc3c(Cc4ccccc4)c(Cc4ccccc4)ccc3s2)c2ccccc12. The maximum absolute atomic E-state index is 5.00. The molecule has 6 rings (SSSR count). The number of anilines is 1. The summed E-state index contributed by atoms with van der Waals surface area (Å²) in [6.07, 6.45) is 1.70. The number of azo groups is 1. The van der Waals surface area contributed by atoms with Crippen molar-refractivity contribution in [1.82, 2.24) is 4.98 Å². The van der Waals surface area contributed by atoms with E-state index in [1.165, 1.54) is 22.3 Å². The second-order valence-corrected chi connectivity index (χ2v) is 10.6. The van der Waals surface area contributed by atoms with Gasteiger partial charge in [-0.2, -0.15) is 0 Å². The van der Waals surface area contributed by atoms with Crippen LogP contribution in [0.25, 0.3) is 21.0 Å². The Hall–Kier alpha value is -4.35. The van der Waals surface area contributed by atoms with Crippen molar-refractivity contribution in [1.29, 1.82) is 0 Å². The van der Waals surface area contributed by atoms with Gasteiger partial charge in [-0.3, -0.25) is 0 Å². The molecular weight excluding hydrogens is 484 g/mol. The lowest BCUT2D eigenvalue weighted by molar-refractivity contribution is 1.10. The molecule has 0 N–H and O–H groups in total. The number of rotatable bonds is 7. The highest BCUT2D eigenvalue weighted by Crippen LogP contribution is 2.37. The highest BCUT2D eigenvalue weighted by Gasteiger charge is 2.14. The standard InChI is InChI=1S/C33H28N4S/c1-37(2)30-19-18-29(26-15-9-10-16-27(26)30)35-36-33-34-32-28(22-24-13-7-4-8-14-24)25(17-20-31(32)38-33)21-23-11-5-3-6-12-23/h3-20H,21-22H2,1-2H3. The summed E-state index contributed by atoms with van der Waals surface area (Å²) in [5.41, 5.74) is 8.16. The van der Waals surface area contributed by atoms with E-state index in [9.17, 15) is 0 Å². The molecule has 0 radical (unpaired) electrons. The first-order chi connectivity index (χ1) is 18.7. The molecule has 0 aliphatic carbocycles. The van der Waals surface area contributed by atoms with E-state index in [-0.39, 0.29) is 0 Å². The summed E-state index contributed by atoms with van der Waals surface area (Å²) in [7, 11) is 4.12. The molecular formula is C33H28N4S. The summed E-state index contributed by atoms with van der Waals surface area (Å²) < 4.78 is 1.13. The van der Waals surface area contributed by atoms with E-state index in [1.807, 2.05) is 12.1 Å². The van der Waals surface area contributed by atoms with Crippen LogP contribution in [0.4, 0.5) is 16.5 Å². The van der Waals surface area contributed by atoms with Crippen LogP contribution < -0.4 is 4.90 Å². The molecule has 5 heteroatoms. The van der Waals surface area contributed by atoms with Crippen LogP contribution >= 0.6 is 11.3 Å². The monoisotopic (exact) mass is 512 g/mol. The van der Waals surface area contributed by atoms with Crippen LogP contribution in [0.15, 0.2) is 119 Å². The van der Waals surface area contributed by atoms with Crippen molar-refractivity contribution in [2.45, 2.75) is 12.8 Å². The molecule has 6 aromatic rings. The Morgan fingerprint density at radius 2 is 1.32 bits per heavy atom. The number of hydrogen-bond acceptors (Lipinski definition) is 5. The van der Waals surface area contributed by atoms with Crippen molar-refractivity contribution in [2.24, 2.45) is 10.2 Å². The van der Waals surface area contributed by atoms with Gasteiger partial charge in [0.15, 0.2) is 0 Å². The first-order valence-corrected chi connectivity index (χ1v) is 13.6. The van der Waals surface area contributed by atoms with Crippen molar-refractivity contribution >= 4 is 48.8 Å². The van der Waals surface area contributed by atoms with E-state index in [1.54, 1.807) is 11.3 Å². The van der Waals surface area contributed by atoms with Crippen LogP contribution in [-0.4, -0.2) is 19.1 Å². The van der Waals surface area contributed by atoms with Gasteiger partial charge in [-0.25, -0.2) is 4.98 Å². The fourth-order valence-corrected chi connectivity index (χ4v) is 5.76. The van der Waals surface area contributed by atoms with Gasteiger partial charge in [-0.15, -0.1) is 10.2 Å². The van der Waals surface area contributed by atoms with Crippen LogP contribution in [-0.2, 0) is 12.8 Å². The zero-order chi connectivity index (χ0) is 25.9. The summed E-state index contributed by atoms with van der Waals surface area (Å²) in [5, 5.41) is 12.2. The molecule has 0 spiro atoms. The zero-order valence-corrected chi connectivity index (χ0v) is 22.3. The molecule has 1 aromatic heterocycles. The number of fused-ring (bicyclic) bond motifs is 2. The van der Waals surface area contributed by atoms with Gasteiger partial charge in [0.25, 0.3) is 0 Å². The van der Waals surface area contributed by atoms with Gasteiger partial charge in [0, 0.05) is 30.6 Å². The maximum Gasteiger partial charge on any atom is 0.231 e. The first kappa shape index (κ1) is 24.0. The van der Waals surface area contributed by atoms with E-state index in [0.29, 0.717) is 5.13 Å². The third-order valence-corrected chi connectivity index (χ3v) is 7.72. The van der Waals surface area contributed by atoms with Crippen molar-refractivity contribution < 1.29 is 0 Å². The summed E-state index contributed by atoms with van der Waals surface area (Å²) in [4.78, 5) is 7.13. The maximum atomic E-state index is 5.00. The van der Waals surface area contributed by atoms with Gasteiger partial charge in [0.2, 0.25) is 5.13 Å². The smallest absolute Gasteiger partial charge is 0.231 e. The third kappa shape index (κ3) is 4.93. The Morgan fingerprint density at radius 1 is 0.658 bits per heavy atom. The third-order valence-electron chi connectivity index (χ3n) is 6.82. The molecule has 38 heavy (non-hydrogen) atoms. The topological polar surface area (TPSA) is 40.9 Å². The van der Waals surface area contributed by atoms with Crippen LogP contribution in [0.5, 0.6) is 0 Å². The molecule has 186 valence electrons. The Morgan fingerprint density at radius 3 is 2.03 bits per heavy atom. The molecule has 0 saturated carbocycles. The second kappa shape index (κ2) is 10.6. The number of nitrogens with zero attached hydrogens (tertiary/aromatic N) is 4. The fourth-order valence-electron chi connectivity index (χ4n) is 4.94. The predicted molar refractivity (Wildman–Crippen MR) is 161 cm³/mol. The normalized spacial score (nSPS) is 11.5. The second-order valence-electron chi connectivity index (χ2n) is 9.61. The van der Waals surface area contributed by atoms with Gasteiger partial charge < -0.3 is 4.90 Å². The van der Waals surface area contributed by atoms with Crippen LogP contribution in [0, 0.1) is 0 Å². The van der Waals surface area contributed by atoms with E-state index in [4.69, 9.17) is 4.98 Å². The van der Waals surface area contributed by atoms with Gasteiger partial charge >= 0.3 is 0 Å². The summed E-state index contributed by atoms with van der Waals surface area (Å²) in [6.45, 7) is 0. The molecule has 0 fully saturated rings. The Balaban J connectivity index is 1.40. The first-order valence-electron chi connectivity index (χ1n) is 12.8. The molecule has 0 aliphatic heterocycles. The minimum Gasteiger partial charge on any atom is -0.377 e. The molecule has 0 atom stereocenters. The van der Waals surface area contributed by atoms with E-state index < -0.39 is 0 Å². The van der Waals surface area contributed by atoms with Gasteiger partial charge in [0.1, 0.15) is 0 Å². The Bertz CT molecular complexity index is 1740. The average molecular weight is 513 g/mol. The van der Waals surface area contributed by atoms with E-state index in [2.05, 4.69) is 126 Å². The highest BCUT2D eigenvalue weighted by molar-refractivity contribution is 7.21. The lowest BCUT2D eigenvalue weighted by Gasteiger charge is -2.16. The van der Waals surface area contributed by atoms with Crippen molar-refractivity contribution in [2.75, 3.05) is 19.0 Å². The molecule has 0 saturated heterocycles. The molecule has 4 nitrogen and oxygen atoms in total. The fraction of sp³-hybridized carbons (Fsp3) is 0.121. The quantitative estimate of drug-likeness (QED) is 0.200. The van der Waals surface area contributed by atoms with Crippen LogP contribution in [0.2, 0.25) is 0 Å². The van der Waals surface area contributed by atoms with Crippen LogP contribution in [0.3, 0.4) is 0 Å². The largest absolute Gasteiger partial charge is 0.377 e. The lowest BCUT2D eigenvalue weighted by Crippen LogP contribution is -2.08. The molecule has 0 amide bonds. The van der Waals surface area contributed by atoms with E-state index >= 15 is 0 Å². The zero-order valence-electron chi connectivity index (χ0n) is 21.5. The predicted octanol–water partition coefficient (Wildman–Crippen LogP) is 9.11. The van der Waals surface area contributed by atoms with Crippen molar-refractivity contribution in [3.05, 3.63) is 131 Å². The average Bonchev–Trinajstić information content (AvgIpc) is 3.37. The molecule has 0 aliphatic rings. The van der Waals surface area contributed by atoms with Crippen molar-refractivity contribution in [3.63, 3.8) is 0 Å². The lowest BCUT2D eigenvalue weighted by atomic mass is 9.94. The number of thiazole rings is 1. The Kier molecular flexibility index (Phi) is 6.67. The van der Waals surface area contributed by atoms with E-state index in [0.717, 1.165) is 45.2 Å². The number of benzene rings is 5. The number of hydrogen-bond donors (Lipinski definition) is 0.